The maximum absolute atomic E-state index is 5.46. The Morgan fingerprint density at radius 1 is 1.20 bits per heavy atom. The third-order valence-electron chi connectivity index (χ3n) is 3.56. The minimum Gasteiger partial charge on any atom is -0.496 e. The molecule has 0 saturated heterocycles. The molecule has 3 nitrogen and oxygen atoms in total. The number of para-hydroxylation sites is 1. The number of ether oxygens (including phenoxy) is 1. The Bertz CT molecular complexity index is 528. The Labute approximate surface area is 121 Å². The second kappa shape index (κ2) is 7.06. The van der Waals surface area contributed by atoms with E-state index in [0.29, 0.717) is 0 Å². The minimum atomic E-state index is 0.249. The summed E-state index contributed by atoms with van der Waals surface area (Å²) in [4.78, 5) is 4.18. The van der Waals surface area contributed by atoms with Gasteiger partial charge in [0.2, 0.25) is 0 Å². The van der Waals surface area contributed by atoms with E-state index in [-0.39, 0.29) is 12.1 Å². The Balaban J connectivity index is 2.17. The van der Waals surface area contributed by atoms with Gasteiger partial charge < -0.3 is 10.1 Å². The van der Waals surface area contributed by atoms with E-state index < -0.39 is 0 Å². The maximum atomic E-state index is 5.46. The molecule has 0 fully saturated rings. The summed E-state index contributed by atoms with van der Waals surface area (Å²) < 4.78 is 5.46. The molecule has 1 aromatic carbocycles. The van der Waals surface area contributed by atoms with Crippen LogP contribution in [-0.2, 0) is 0 Å². The van der Waals surface area contributed by atoms with Crippen LogP contribution in [0.2, 0.25) is 0 Å². The van der Waals surface area contributed by atoms with Crippen LogP contribution in [0.4, 0.5) is 0 Å². The van der Waals surface area contributed by atoms with Crippen LogP contribution in [0.15, 0.2) is 48.8 Å². The van der Waals surface area contributed by atoms with Crippen LogP contribution in [0.5, 0.6) is 5.75 Å². The van der Waals surface area contributed by atoms with Gasteiger partial charge in [-0.2, -0.15) is 0 Å². The largest absolute Gasteiger partial charge is 0.496 e. The third kappa shape index (κ3) is 3.36. The average Bonchev–Trinajstić information content (AvgIpc) is 2.53. The molecule has 2 aromatic rings. The zero-order valence-corrected chi connectivity index (χ0v) is 12.3. The lowest BCUT2D eigenvalue weighted by Gasteiger charge is -2.24. The predicted octanol–water partition coefficient (Wildman–Crippen LogP) is 3.89. The van der Waals surface area contributed by atoms with Gasteiger partial charge in [-0.1, -0.05) is 31.2 Å². The lowest BCUT2D eigenvalue weighted by Crippen LogP contribution is -2.24. The molecule has 3 heteroatoms. The first-order chi connectivity index (χ1) is 9.76. The predicted molar refractivity (Wildman–Crippen MR) is 81.8 cm³/mol. The molecule has 2 rings (SSSR count). The third-order valence-corrected chi connectivity index (χ3v) is 3.56. The van der Waals surface area contributed by atoms with E-state index in [1.54, 1.807) is 13.3 Å². The van der Waals surface area contributed by atoms with E-state index in [1.165, 1.54) is 11.1 Å². The molecule has 1 aromatic heterocycles. The van der Waals surface area contributed by atoms with Crippen molar-refractivity contribution in [1.29, 1.82) is 0 Å². The number of nitrogens with one attached hydrogen (secondary N) is 1. The average molecular weight is 270 g/mol. The minimum absolute atomic E-state index is 0.249. The summed E-state index contributed by atoms with van der Waals surface area (Å²) in [6, 6.07) is 12.8. The summed E-state index contributed by atoms with van der Waals surface area (Å²) in [7, 11) is 1.72. The lowest BCUT2D eigenvalue weighted by molar-refractivity contribution is 0.388. The Kier molecular flexibility index (Phi) is 5.13. The normalized spacial score (nSPS) is 13.8. The van der Waals surface area contributed by atoms with Gasteiger partial charge in [-0.3, -0.25) is 4.98 Å². The van der Waals surface area contributed by atoms with Crippen molar-refractivity contribution in [1.82, 2.24) is 10.3 Å². The fraction of sp³-hybridized carbons (Fsp3) is 0.353. The molecule has 0 aliphatic heterocycles. The number of pyridine rings is 1. The molecule has 0 aliphatic carbocycles. The van der Waals surface area contributed by atoms with Crippen molar-refractivity contribution in [2.45, 2.75) is 32.4 Å². The van der Waals surface area contributed by atoms with Gasteiger partial charge in [-0.15, -0.1) is 0 Å². The molecule has 0 bridgehead atoms. The zero-order chi connectivity index (χ0) is 14.4. The Hall–Kier alpha value is -1.87. The number of hydrogen-bond donors (Lipinski definition) is 1. The number of hydrogen-bond acceptors (Lipinski definition) is 3. The zero-order valence-electron chi connectivity index (χ0n) is 12.3. The lowest BCUT2D eigenvalue weighted by atomic mass is 10.0. The highest BCUT2D eigenvalue weighted by Gasteiger charge is 2.16. The summed E-state index contributed by atoms with van der Waals surface area (Å²) in [5.41, 5.74) is 2.40. The quantitative estimate of drug-likeness (QED) is 0.864. The van der Waals surface area contributed by atoms with Crippen molar-refractivity contribution in [3.05, 3.63) is 59.9 Å². The molecular weight excluding hydrogens is 248 g/mol. The highest BCUT2D eigenvalue weighted by Crippen LogP contribution is 2.29. The molecule has 0 spiro atoms. The number of rotatable bonds is 6. The van der Waals surface area contributed by atoms with Crippen molar-refractivity contribution in [3.8, 4) is 5.75 Å². The van der Waals surface area contributed by atoms with Gasteiger partial charge in [0.05, 0.1) is 7.11 Å². The van der Waals surface area contributed by atoms with Gasteiger partial charge in [0.25, 0.3) is 0 Å². The summed E-state index contributed by atoms with van der Waals surface area (Å²) >= 11 is 0. The van der Waals surface area contributed by atoms with Crippen LogP contribution in [0, 0.1) is 0 Å². The van der Waals surface area contributed by atoms with Crippen molar-refractivity contribution in [2.24, 2.45) is 0 Å². The smallest absolute Gasteiger partial charge is 0.123 e. The van der Waals surface area contributed by atoms with Crippen molar-refractivity contribution >= 4 is 0 Å². The Morgan fingerprint density at radius 3 is 2.65 bits per heavy atom. The maximum Gasteiger partial charge on any atom is 0.123 e. The molecule has 0 saturated carbocycles. The number of benzene rings is 1. The molecule has 1 N–H and O–H groups in total. The standard InChI is InChI=1S/C17H22N2O/c1-4-16(15-9-5-6-10-17(15)20-3)19-13(2)14-8-7-11-18-12-14/h5-13,16,19H,4H2,1-3H3. The molecule has 2 unspecified atom stereocenters. The van der Waals surface area contributed by atoms with E-state index in [1.807, 2.05) is 24.4 Å². The van der Waals surface area contributed by atoms with E-state index >= 15 is 0 Å². The monoisotopic (exact) mass is 270 g/mol. The molecule has 0 aliphatic rings. The second-order valence-corrected chi connectivity index (χ2v) is 4.88. The summed E-state index contributed by atoms with van der Waals surface area (Å²) in [5, 5.41) is 3.65. The van der Waals surface area contributed by atoms with E-state index in [2.05, 4.69) is 42.3 Å². The van der Waals surface area contributed by atoms with Gasteiger partial charge >= 0.3 is 0 Å². The van der Waals surface area contributed by atoms with Crippen LogP contribution in [0.3, 0.4) is 0 Å². The topological polar surface area (TPSA) is 34.2 Å². The van der Waals surface area contributed by atoms with Gasteiger partial charge in [0, 0.05) is 30.0 Å². The van der Waals surface area contributed by atoms with Crippen molar-refractivity contribution in [2.75, 3.05) is 7.11 Å². The van der Waals surface area contributed by atoms with Gasteiger partial charge in [0.15, 0.2) is 0 Å². The Morgan fingerprint density at radius 2 is 2.00 bits per heavy atom. The van der Waals surface area contributed by atoms with Crippen LogP contribution in [0.25, 0.3) is 0 Å². The van der Waals surface area contributed by atoms with E-state index in [4.69, 9.17) is 4.74 Å². The van der Waals surface area contributed by atoms with E-state index in [9.17, 15) is 0 Å². The number of methoxy groups -OCH3 is 1. The van der Waals surface area contributed by atoms with Crippen LogP contribution >= 0.6 is 0 Å². The molecule has 1 heterocycles. The van der Waals surface area contributed by atoms with Crippen LogP contribution < -0.4 is 10.1 Å². The molecular formula is C17H22N2O. The fourth-order valence-corrected chi connectivity index (χ4v) is 2.41. The molecule has 106 valence electrons. The van der Waals surface area contributed by atoms with Crippen LogP contribution in [0.1, 0.15) is 43.5 Å². The molecule has 20 heavy (non-hydrogen) atoms. The number of aromatic nitrogens is 1. The summed E-state index contributed by atoms with van der Waals surface area (Å²) in [6.07, 6.45) is 4.71. The van der Waals surface area contributed by atoms with Crippen molar-refractivity contribution in [3.63, 3.8) is 0 Å². The van der Waals surface area contributed by atoms with Crippen LogP contribution in [-0.4, -0.2) is 12.1 Å². The van der Waals surface area contributed by atoms with Gasteiger partial charge in [-0.05, 0) is 31.0 Å². The van der Waals surface area contributed by atoms with Gasteiger partial charge in [-0.25, -0.2) is 0 Å². The fourth-order valence-electron chi connectivity index (χ4n) is 2.41. The first-order valence-electron chi connectivity index (χ1n) is 7.05. The van der Waals surface area contributed by atoms with Gasteiger partial charge in [0.1, 0.15) is 5.75 Å². The summed E-state index contributed by atoms with van der Waals surface area (Å²) in [6.45, 7) is 4.34. The van der Waals surface area contributed by atoms with E-state index in [0.717, 1.165) is 12.2 Å². The first-order valence-corrected chi connectivity index (χ1v) is 7.05. The highest BCUT2D eigenvalue weighted by atomic mass is 16.5. The molecule has 0 amide bonds. The SMILES string of the molecule is CCC(NC(C)c1cccnc1)c1ccccc1OC. The first kappa shape index (κ1) is 14.5. The second-order valence-electron chi connectivity index (χ2n) is 4.88. The summed E-state index contributed by atoms with van der Waals surface area (Å²) in [5.74, 6) is 0.935. The number of nitrogens with zero attached hydrogens (tertiary/aromatic N) is 1. The highest BCUT2D eigenvalue weighted by molar-refractivity contribution is 5.36. The van der Waals surface area contributed by atoms with Crippen molar-refractivity contribution < 1.29 is 4.74 Å². The molecule has 0 radical (unpaired) electrons. The molecule has 2 atom stereocenters.